The monoisotopic (exact) mass is 233 g/mol. The van der Waals surface area contributed by atoms with E-state index in [0.29, 0.717) is 0 Å². The first-order valence-corrected chi connectivity index (χ1v) is 6.54. The minimum absolute atomic E-state index is 0.857. The van der Waals surface area contributed by atoms with Crippen molar-refractivity contribution < 1.29 is 0 Å². The summed E-state index contributed by atoms with van der Waals surface area (Å²) in [5.74, 6) is 0. The fourth-order valence-electron chi connectivity index (χ4n) is 2.56. The quantitative estimate of drug-likeness (QED) is 0.812. The van der Waals surface area contributed by atoms with Crippen molar-refractivity contribution in [2.24, 2.45) is 0 Å². The number of rotatable bonds is 3. The predicted octanol–water partition coefficient (Wildman–Crippen LogP) is 2.11. The molecule has 0 aromatic heterocycles. The Labute approximate surface area is 104 Å². The molecule has 1 aliphatic rings. The van der Waals surface area contributed by atoms with Crippen LogP contribution in [0.25, 0.3) is 0 Å². The Morgan fingerprint density at radius 1 is 1.18 bits per heavy atom. The highest BCUT2D eigenvalue weighted by Gasteiger charge is 2.17. The van der Waals surface area contributed by atoms with Crippen LogP contribution in [-0.4, -0.2) is 37.6 Å². The standard InChI is InChI=1S/C14H23N3/c1-3-6-16-7-9-17(10-8-16)14-5-4-13(15)11-12(14)2/h4-5,11H,3,6-10,15H2,1-2H3. The zero-order valence-electron chi connectivity index (χ0n) is 10.9. The number of nitrogen functional groups attached to an aromatic ring is 1. The van der Waals surface area contributed by atoms with Crippen LogP contribution in [0.5, 0.6) is 0 Å². The van der Waals surface area contributed by atoms with Gasteiger partial charge >= 0.3 is 0 Å². The number of benzene rings is 1. The van der Waals surface area contributed by atoms with Crippen molar-refractivity contribution in [2.75, 3.05) is 43.4 Å². The van der Waals surface area contributed by atoms with Crippen molar-refractivity contribution in [3.05, 3.63) is 23.8 Å². The van der Waals surface area contributed by atoms with Gasteiger partial charge in [-0.15, -0.1) is 0 Å². The van der Waals surface area contributed by atoms with Gasteiger partial charge in [-0.2, -0.15) is 0 Å². The summed E-state index contributed by atoms with van der Waals surface area (Å²) in [7, 11) is 0. The lowest BCUT2D eigenvalue weighted by Crippen LogP contribution is -2.46. The van der Waals surface area contributed by atoms with E-state index in [1.807, 2.05) is 6.07 Å². The van der Waals surface area contributed by atoms with Gasteiger partial charge < -0.3 is 10.6 Å². The lowest BCUT2D eigenvalue weighted by molar-refractivity contribution is 0.258. The molecule has 1 aromatic rings. The van der Waals surface area contributed by atoms with Gasteiger partial charge in [-0.25, -0.2) is 0 Å². The Kier molecular flexibility index (Phi) is 3.89. The smallest absolute Gasteiger partial charge is 0.0398 e. The second-order valence-electron chi connectivity index (χ2n) is 4.87. The first kappa shape index (κ1) is 12.2. The Bertz CT molecular complexity index is 368. The molecule has 1 aliphatic heterocycles. The van der Waals surface area contributed by atoms with Crippen molar-refractivity contribution in [3.8, 4) is 0 Å². The number of hydrogen-bond acceptors (Lipinski definition) is 3. The van der Waals surface area contributed by atoms with Gasteiger partial charge in [0.15, 0.2) is 0 Å². The minimum Gasteiger partial charge on any atom is -0.399 e. The largest absolute Gasteiger partial charge is 0.399 e. The molecule has 0 atom stereocenters. The molecular weight excluding hydrogens is 210 g/mol. The fraction of sp³-hybridized carbons (Fsp3) is 0.571. The molecule has 1 aromatic carbocycles. The van der Waals surface area contributed by atoms with Crippen LogP contribution in [0.2, 0.25) is 0 Å². The highest BCUT2D eigenvalue weighted by molar-refractivity contribution is 5.59. The van der Waals surface area contributed by atoms with Gasteiger partial charge in [0.25, 0.3) is 0 Å². The number of nitrogens with zero attached hydrogens (tertiary/aromatic N) is 2. The van der Waals surface area contributed by atoms with Crippen LogP contribution in [0, 0.1) is 6.92 Å². The predicted molar refractivity (Wildman–Crippen MR) is 74.5 cm³/mol. The Balaban J connectivity index is 2.00. The van der Waals surface area contributed by atoms with Gasteiger partial charge in [0.2, 0.25) is 0 Å². The lowest BCUT2D eigenvalue weighted by Gasteiger charge is -2.36. The van der Waals surface area contributed by atoms with Crippen molar-refractivity contribution >= 4 is 11.4 Å². The van der Waals surface area contributed by atoms with E-state index in [4.69, 9.17) is 5.73 Å². The van der Waals surface area contributed by atoms with Gasteiger partial charge in [0, 0.05) is 37.6 Å². The van der Waals surface area contributed by atoms with E-state index in [9.17, 15) is 0 Å². The summed E-state index contributed by atoms with van der Waals surface area (Å²) in [6.07, 6.45) is 1.25. The topological polar surface area (TPSA) is 32.5 Å². The molecule has 0 saturated carbocycles. The summed E-state index contributed by atoms with van der Waals surface area (Å²) in [5.41, 5.74) is 9.28. The summed E-state index contributed by atoms with van der Waals surface area (Å²) >= 11 is 0. The maximum absolute atomic E-state index is 5.79. The molecule has 17 heavy (non-hydrogen) atoms. The lowest BCUT2D eigenvalue weighted by atomic mass is 10.1. The molecule has 0 aliphatic carbocycles. The number of nitrogens with two attached hydrogens (primary N) is 1. The molecule has 0 bridgehead atoms. The molecule has 0 radical (unpaired) electrons. The molecule has 94 valence electrons. The minimum atomic E-state index is 0.857. The highest BCUT2D eigenvalue weighted by Crippen LogP contribution is 2.23. The van der Waals surface area contributed by atoms with Crippen LogP contribution in [-0.2, 0) is 0 Å². The van der Waals surface area contributed by atoms with E-state index >= 15 is 0 Å². The SMILES string of the molecule is CCCN1CCN(c2ccc(N)cc2C)CC1. The van der Waals surface area contributed by atoms with Crippen LogP contribution in [0.4, 0.5) is 11.4 Å². The zero-order valence-corrected chi connectivity index (χ0v) is 10.9. The van der Waals surface area contributed by atoms with Gasteiger partial charge in [0.05, 0.1) is 0 Å². The van der Waals surface area contributed by atoms with Gasteiger partial charge in [-0.1, -0.05) is 6.92 Å². The summed E-state index contributed by atoms with van der Waals surface area (Å²) in [6, 6.07) is 6.22. The van der Waals surface area contributed by atoms with Gasteiger partial charge in [-0.05, 0) is 43.7 Å². The van der Waals surface area contributed by atoms with E-state index in [1.54, 1.807) is 0 Å². The maximum Gasteiger partial charge on any atom is 0.0398 e. The maximum atomic E-state index is 5.79. The Morgan fingerprint density at radius 2 is 1.88 bits per heavy atom. The van der Waals surface area contributed by atoms with Gasteiger partial charge in [0.1, 0.15) is 0 Å². The molecule has 0 unspecified atom stereocenters. The molecule has 3 nitrogen and oxygen atoms in total. The first-order chi connectivity index (χ1) is 8.20. The number of aryl methyl sites for hydroxylation is 1. The molecule has 2 rings (SSSR count). The zero-order chi connectivity index (χ0) is 12.3. The van der Waals surface area contributed by atoms with Crippen LogP contribution < -0.4 is 10.6 Å². The van der Waals surface area contributed by atoms with Crippen molar-refractivity contribution in [3.63, 3.8) is 0 Å². The summed E-state index contributed by atoms with van der Waals surface area (Å²) in [6.45, 7) is 10.2. The molecule has 3 heteroatoms. The third-order valence-corrected chi connectivity index (χ3v) is 3.47. The molecule has 1 heterocycles. The molecule has 0 amide bonds. The average molecular weight is 233 g/mol. The summed E-state index contributed by atoms with van der Waals surface area (Å²) in [4.78, 5) is 5.02. The number of piperazine rings is 1. The van der Waals surface area contributed by atoms with Gasteiger partial charge in [-0.3, -0.25) is 4.90 Å². The van der Waals surface area contributed by atoms with Crippen molar-refractivity contribution in [1.82, 2.24) is 4.90 Å². The van der Waals surface area contributed by atoms with E-state index < -0.39 is 0 Å². The average Bonchev–Trinajstić information content (AvgIpc) is 2.31. The van der Waals surface area contributed by atoms with E-state index in [1.165, 1.54) is 37.3 Å². The van der Waals surface area contributed by atoms with Crippen LogP contribution in [0.15, 0.2) is 18.2 Å². The summed E-state index contributed by atoms with van der Waals surface area (Å²) < 4.78 is 0. The van der Waals surface area contributed by atoms with Crippen molar-refractivity contribution in [1.29, 1.82) is 0 Å². The highest BCUT2D eigenvalue weighted by atomic mass is 15.3. The van der Waals surface area contributed by atoms with E-state index in [0.717, 1.165) is 18.8 Å². The summed E-state index contributed by atoms with van der Waals surface area (Å²) in [5, 5.41) is 0. The molecule has 0 spiro atoms. The third-order valence-electron chi connectivity index (χ3n) is 3.47. The molecule has 2 N–H and O–H groups in total. The van der Waals surface area contributed by atoms with Crippen LogP contribution in [0.1, 0.15) is 18.9 Å². The van der Waals surface area contributed by atoms with E-state index in [2.05, 4.69) is 35.8 Å². The third kappa shape index (κ3) is 2.91. The normalized spacial score (nSPS) is 17.4. The molecular formula is C14H23N3. The van der Waals surface area contributed by atoms with Crippen LogP contribution in [0.3, 0.4) is 0 Å². The molecule has 1 saturated heterocycles. The fourth-order valence-corrected chi connectivity index (χ4v) is 2.56. The Morgan fingerprint density at radius 3 is 2.47 bits per heavy atom. The second kappa shape index (κ2) is 5.41. The van der Waals surface area contributed by atoms with Crippen molar-refractivity contribution in [2.45, 2.75) is 20.3 Å². The Hall–Kier alpha value is -1.22. The second-order valence-corrected chi connectivity index (χ2v) is 4.87. The molecule has 1 fully saturated rings. The number of hydrogen-bond donors (Lipinski definition) is 1. The van der Waals surface area contributed by atoms with Crippen LogP contribution >= 0.6 is 0 Å². The van der Waals surface area contributed by atoms with E-state index in [-0.39, 0.29) is 0 Å². The number of anilines is 2. The first-order valence-electron chi connectivity index (χ1n) is 6.54.